The predicted molar refractivity (Wildman–Crippen MR) is 54.3 cm³/mol. The number of aromatic carboxylic acids is 1. The second kappa shape index (κ2) is 5.41. The van der Waals surface area contributed by atoms with Crippen molar-refractivity contribution in [2.75, 3.05) is 27.2 Å². The van der Waals surface area contributed by atoms with Crippen molar-refractivity contribution in [3.05, 3.63) is 17.9 Å². The van der Waals surface area contributed by atoms with E-state index < -0.39 is 5.97 Å². The van der Waals surface area contributed by atoms with Crippen LogP contribution in [0.15, 0.2) is 16.5 Å². The van der Waals surface area contributed by atoms with E-state index in [0.717, 1.165) is 13.0 Å². The van der Waals surface area contributed by atoms with Crippen LogP contribution in [0.2, 0.25) is 0 Å². The Labute approximate surface area is 88.2 Å². The lowest BCUT2D eigenvalue weighted by molar-refractivity contribution is 0.0653. The third-order valence-corrected chi connectivity index (χ3v) is 1.79. The summed E-state index contributed by atoms with van der Waals surface area (Å²) in [6, 6.07) is 2.89. The summed E-state index contributed by atoms with van der Waals surface area (Å²) in [7, 11) is 3.96. The number of carboxylic acid groups (broad SMARTS) is 1. The first-order valence-electron chi connectivity index (χ1n) is 4.70. The van der Waals surface area contributed by atoms with Crippen LogP contribution in [0, 0.1) is 0 Å². The van der Waals surface area contributed by atoms with Crippen LogP contribution < -0.4 is 4.74 Å². The fourth-order valence-electron chi connectivity index (χ4n) is 1.07. The first kappa shape index (κ1) is 11.6. The average molecular weight is 213 g/mol. The lowest BCUT2D eigenvalue weighted by Crippen LogP contribution is -2.15. The van der Waals surface area contributed by atoms with Gasteiger partial charge in [-0.1, -0.05) is 0 Å². The number of ether oxygens (including phenoxy) is 1. The molecule has 0 aliphatic heterocycles. The van der Waals surface area contributed by atoms with Crippen LogP contribution in [-0.4, -0.2) is 43.2 Å². The molecule has 1 N–H and O–H groups in total. The van der Waals surface area contributed by atoms with Gasteiger partial charge in [0.1, 0.15) is 0 Å². The number of nitrogens with zero attached hydrogens (tertiary/aromatic N) is 1. The number of carboxylic acids is 1. The molecule has 5 nitrogen and oxygen atoms in total. The lowest BCUT2D eigenvalue weighted by atomic mass is 10.4. The zero-order valence-corrected chi connectivity index (χ0v) is 8.90. The molecule has 0 bridgehead atoms. The van der Waals surface area contributed by atoms with Gasteiger partial charge in [0.05, 0.1) is 6.61 Å². The quantitative estimate of drug-likeness (QED) is 0.722. The molecule has 1 rings (SSSR count). The lowest BCUT2D eigenvalue weighted by Gasteiger charge is -2.08. The number of hydrogen-bond donors (Lipinski definition) is 1. The van der Waals surface area contributed by atoms with Gasteiger partial charge in [0.2, 0.25) is 5.76 Å². The van der Waals surface area contributed by atoms with Crippen molar-refractivity contribution < 1.29 is 19.1 Å². The molecule has 0 aliphatic carbocycles. The van der Waals surface area contributed by atoms with E-state index in [-0.39, 0.29) is 11.7 Å². The summed E-state index contributed by atoms with van der Waals surface area (Å²) in [6.45, 7) is 1.44. The Bertz CT molecular complexity index is 319. The van der Waals surface area contributed by atoms with Gasteiger partial charge in [-0.3, -0.25) is 0 Å². The molecule has 1 heterocycles. The van der Waals surface area contributed by atoms with E-state index in [9.17, 15) is 4.79 Å². The molecule has 0 amide bonds. The zero-order chi connectivity index (χ0) is 11.3. The highest BCUT2D eigenvalue weighted by atomic mass is 16.6. The number of hydrogen-bond acceptors (Lipinski definition) is 4. The maximum atomic E-state index is 10.5. The maximum Gasteiger partial charge on any atom is 0.371 e. The molecular formula is C10H15NO4. The van der Waals surface area contributed by atoms with Crippen LogP contribution in [0.1, 0.15) is 17.0 Å². The fraction of sp³-hybridized carbons (Fsp3) is 0.500. The minimum absolute atomic E-state index is 0.0994. The Morgan fingerprint density at radius 1 is 1.53 bits per heavy atom. The van der Waals surface area contributed by atoms with Crippen LogP contribution in [0.4, 0.5) is 0 Å². The van der Waals surface area contributed by atoms with Crippen molar-refractivity contribution in [3.8, 4) is 5.95 Å². The SMILES string of the molecule is CN(C)CCCOc1ccc(C(=O)O)o1. The normalized spacial score (nSPS) is 10.6. The van der Waals surface area contributed by atoms with Crippen LogP contribution in [0.3, 0.4) is 0 Å². The standard InChI is InChI=1S/C10H15NO4/c1-11(2)6-3-7-14-9-5-4-8(15-9)10(12)13/h4-5H,3,6-7H2,1-2H3,(H,12,13). The van der Waals surface area contributed by atoms with Gasteiger partial charge >= 0.3 is 5.97 Å². The summed E-state index contributed by atoms with van der Waals surface area (Å²) in [5.41, 5.74) is 0. The fourth-order valence-corrected chi connectivity index (χ4v) is 1.07. The Hall–Kier alpha value is -1.49. The molecule has 0 saturated carbocycles. The first-order chi connectivity index (χ1) is 7.09. The number of carbonyl (C=O) groups is 1. The first-order valence-corrected chi connectivity index (χ1v) is 4.70. The molecule has 0 atom stereocenters. The zero-order valence-electron chi connectivity index (χ0n) is 8.90. The summed E-state index contributed by atoms with van der Waals surface area (Å²) in [5, 5.41) is 8.59. The summed E-state index contributed by atoms with van der Waals surface area (Å²) < 4.78 is 10.1. The third kappa shape index (κ3) is 4.03. The molecule has 15 heavy (non-hydrogen) atoms. The topological polar surface area (TPSA) is 62.9 Å². The van der Waals surface area contributed by atoms with E-state index in [1.54, 1.807) is 0 Å². The smallest absolute Gasteiger partial charge is 0.371 e. The molecule has 0 unspecified atom stereocenters. The van der Waals surface area contributed by atoms with E-state index in [1.807, 2.05) is 19.0 Å². The number of rotatable bonds is 6. The summed E-state index contributed by atoms with van der Waals surface area (Å²) in [4.78, 5) is 12.5. The molecule has 0 aromatic carbocycles. The van der Waals surface area contributed by atoms with Gasteiger partial charge in [-0.15, -0.1) is 0 Å². The minimum Gasteiger partial charge on any atom is -0.475 e. The van der Waals surface area contributed by atoms with Gasteiger partial charge in [-0.25, -0.2) is 4.79 Å². The molecule has 5 heteroatoms. The monoisotopic (exact) mass is 213 g/mol. The van der Waals surface area contributed by atoms with Crippen LogP contribution in [0.25, 0.3) is 0 Å². The third-order valence-electron chi connectivity index (χ3n) is 1.79. The highest BCUT2D eigenvalue weighted by molar-refractivity contribution is 5.84. The average Bonchev–Trinajstić information content (AvgIpc) is 2.60. The molecule has 0 spiro atoms. The van der Waals surface area contributed by atoms with Crippen LogP contribution in [-0.2, 0) is 0 Å². The van der Waals surface area contributed by atoms with Gasteiger partial charge < -0.3 is 19.2 Å². The van der Waals surface area contributed by atoms with Crippen molar-refractivity contribution in [1.29, 1.82) is 0 Å². The molecule has 1 aromatic heterocycles. The van der Waals surface area contributed by atoms with E-state index in [2.05, 4.69) is 0 Å². The van der Waals surface area contributed by atoms with Crippen LogP contribution in [0.5, 0.6) is 5.95 Å². The Morgan fingerprint density at radius 3 is 2.80 bits per heavy atom. The molecule has 0 radical (unpaired) electrons. The summed E-state index contributed by atoms with van der Waals surface area (Å²) >= 11 is 0. The Morgan fingerprint density at radius 2 is 2.27 bits per heavy atom. The molecular weight excluding hydrogens is 198 g/mol. The van der Waals surface area contributed by atoms with Crippen molar-refractivity contribution in [2.24, 2.45) is 0 Å². The van der Waals surface area contributed by atoms with Gasteiger partial charge in [0, 0.05) is 12.6 Å². The Balaban J connectivity index is 2.29. The van der Waals surface area contributed by atoms with E-state index in [4.69, 9.17) is 14.3 Å². The van der Waals surface area contributed by atoms with Crippen molar-refractivity contribution in [3.63, 3.8) is 0 Å². The van der Waals surface area contributed by atoms with E-state index in [1.165, 1.54) is 12.1 Å². The molecule has 1 aromatic rings. The van der Waals surface area contributed by atoms with Crippen molar-refractivity contribution >= 4 is 5.97 Å². The largest absolute Gasteiger partial charge is 0.475 e. The maximum absolute atomic E-state index is 10.5. The van der Waals surface area contributed by atoms with E-state index in [0.29, 0.717) is 6.61 Å². The molecule has 84 valence electrons. The minimum atomic E-state index is -1.09. The van der Waals surface area contributed by atoms with Gasteiger partial charge in [0.25, 0.3) is 5.95 Å². The highest BCUT2D eigenvalue weighted by Crippen LogP contribution is 2.15. The summed E-state index contributed by atoms with van der Waals surface area (Å²) in [5.74, 6) is -0.929. The van der Waals surface area contributed by atoms with Crippen molar-refractivity contribution in [1.82, 2.24) is 4.90 Å². The van der Waals surface area contributed by atoms with Gasteiger partial charge in [0.15, 0.2) is 0 Å². The molecule has 0 fully saturated rings. The molecule has 0 aliphatic rings. The molecule has 0 saturated heterocycles. The van der Waals surface area contributed by atoms with Gasteiger partial charge in [-0.05, 0) is 26.6 Å². The van der Waals surface area contributed by atoms with Crippen LogP contribution >= 0.6 is 0 Å². The highest BCUT2D eigenvalue weighted by Gasteiger charge is 2.09. The Kier molecular flexibility index (Phi) is 4.17. The van der Waals surface area contributed by atoms with Gasteiger partial charge in [-0.2, -0.15) is 0 Å². The van der Waals surface area contributed by atoms with E-state index >= 15 is 0 Å². The van der Waals surface area contributed by atoms with Crippen molar-refractivity contribution in [2.45, 2.75) is 6.42 Å². The predicted octanol–water partition coefficient (Wildman–Crippen LogP) is 1.31. The number of furan rings is 1. The summed E-state index contributed by atoms with van der Waals surface area (Å²) in [6.07, 6.45) is 0.871. The second-order valence-electron chi connectivity index (χ2n) is 3.43. The second-order valence-corrected chi connectivity index (χ2v) is 3.43.